The number of hydrogen-bond acceptors (Lipinski definition) is 10. The lowest BCUT2D eigenvalue weighted by Gasteiger charge is -2.30. The number of nitrogens with one attached hydrogen (secondary N) is 1. The number of nitrogens with zero attached hydrogens (tertiary/aromatic N) is 9. The number of rotatable bonds is 7. The summed E-state index contributed by atoms with van der Waals surface area (Å²) in [5.41, 5.74) is 4.27. The molecule has 14 heteroatoms. The number of carbonyl (C=O) groups excluding carboxylic acids is 2. The minimum Gasteiger partial charge on any atom is -0.339 e. The molecule has 5 aromatic rings. The summed E-state index contributed by atoms with van der Waals surface area (Å²) < 4.78 is 1.38. The number of nitrogen functional groups attached to an aromatic ring is 1. The summed E-state index contributed by atoms with van der Waals surface area (Å²) in [5.74, 6) is 12.7. The number of hydrogen-bond donors (Lipinski definition) is 3. The first-order valence-corrected chi connectivity index (χ1v) is 14.3. The average molecular weight is 583 g/mol. The quantitative estimate of drug-likeness (QED) is 0.146. The van der Waals surface area contributed by atoms with Crippen molar-refractivity contribution in [2.75, 3.05) is 44.1 Å². The van der Waals surface area contributed by atoms with E-state index in [1.54, 1.807) is 29.7 Å². The lowest BCUT2D eigenvalue weighted by molar-refractivity contribution is -0.123. The molecule has 0 atom stereocenters. The van der Waals surface area contributed by atoms with Gasteiger partial charge in [0, 0.05) is 48.7 Å². The zero-order valence-electron chi connectivity index (χ0n) is 24.4. The van der Waals surface area contributed by atoms with Crippen LogP contribution in [0.3, 0.4) is 0 Å². The Kier molecular flexibility index (Phi) is 7.46. The number of hydrazine groups is 1. The van der Waals surface area contributed by atoms with Gasteiger partial charge in [-0.1, -0.05) is 0 Å². The van der Waals surface area contributed by atoms with Gasteiger partial charge in [-0.05, 0) is 59.0 Å². The number of piperidine rings is 1. The van der Waals surface area contributed by atoms with Crippen LogP contribution in [0.25, 0.3) is 44.7 Å². The van der Waals surface area contributed by atoms with Gasteiger partial charge < -0.3 is 15.6 Å². The number of nitrogens with two attached hydrogens (primary N) is 2. The predicted molar refractivity (Wildman–Crippen MR) is 163 cm³/mol. The maximum Gasteiger partial charge on any atom is 0.257 e. The number of carbonyl (C=O) groups is 2. The second-order valence-corrected chi connectivity index (χ2v) is 10.7. The van der Waals surface area contributed by atoms with Gasteiger partial charge in [-0.3, -0.25) is 24.7 Å². The summed E-state index contributed by atoms with van der Waals surface area (Å²) in [7, 11) is 2.05. The summed E-state index contributed by atoms with van der Waals surface area (Å²) >= 11 is 0. The molecule has 1 aliphatic heterocycles. The summed E-state index contributed by atoms with van der Waals surface area (Å²) in [6.45, 7) is 6.69. The van der Waals surface area contributed by atoms with E-state index in [9.17, 15) is 9.59 Å². The standard InChI is InChI=1S/C29H34N12O2/c1-4-39(5-2)29(43)22-15-33-16-23-24(22)35-27(41(23)31)25-21-11-19(13-34-26(21)37-36-25)18-10-20(14-32-12-18)40(30)28(42)17-6-8-38(3)9-7-17/h10-17H,4-9,30-31H2,1-3H3,(H,34,36,37). The fourth-order valence-electron chi connectivity index (χ4n) is 5.54. The van der Waals surface area contributed by atoms with Crippen LogP contribution in [-0.2, 0) is 4.79 Å². The number of pyridine rings is 3. The minimum atomic E-state index is -0.167. The van der Waals surface area contributed by atoms with Gasteiger partial charge in [0.25, 0.3) is 5.91 Å². The van der Waals surface area contributed by atoms with Gasteiger partial charge in [0.05, 0.1) is 29.0 Å². The molecule has 5 aromatic heterocycles. The van der Waals surface area contributed by atoms with Crippen LogP contribution in [-0.4, -0.2) is 89.7 Å². The van der Waals surface area contributed by atoms with Gasteiger partial charge in [0.15, 0.2) is 11.5 Å². The van der Waals surface area contributed by atoms with Crippen molar-refractivity contribution in [3.8, 4) is 22.6 Å². The van der Waals surface area contributed by atoms with Crippen LogP contribution in [0.15, 0.2) is 43.1 Å². The molecule has 0 aliphatic carbocycles. The lowest BCUT2D eigenvalue weighted by atomic mass is 9.96. The molecule has 1 aliphatic rings. The van der Waals surface area contributed by atoms with E-state index >= 15 is 0 Å². The highest BCUT2D eigenvalue weighted by atomic mass is 16.2. The molecule has 1 saturated heterocycles. The molecular weight excluding hydrogens is 548 g/mol. The first kappa shape index (κ1) is 28.2. The first-order chi connectivity index (χ1) is 20.8. The number of amides is 2. The van der Waals surface area contributed by atoms with Gasteiger partial charge in [-0.25, -0.2) is 25.5 Å². The van der Waals surface area contributed by atoms with Crippen molar-refractivity contribution in [2.45, 2.75) is 26.7 Å². The second kappa shape index (κ2) is 11.4. The van der Waals surface area contributed by atoms with Crippen molar-refractivity contribution < 1.29 is 9.59 Å². The Morgan fingerprint density at radius 3 is 2.49 bits per heavy atom. The van der Waals surface area contributed by atoms with Crippen LogP contribution in [0.5, 0.6) is 0 Å². The van der Waals surface area contributed by atoms with Crippen molar-refractivity contribution in [3.63, 3.8) is 0 Å². The summed E-state index contributed by atoms with van der Waals surface area (Å²) in [5, 5.41) is 9.27. The molecule has 5 N–H and O–H groups in total. The van der Waals surface area contributed by atoms with Crippen molar-refractivity contribution >= 4 is 39.6 Å². The van der Waals surface area contributed by atoms with Gasteiger partial charge >= 0.3 is 0 Å². The Morgan fingerprint density at radius 2 is 1.74 bits per heavy atom. The van der Waals surface area contributed by atoms with Crippen LogP contribution in [0.1, 0.15) is 37.0 Å². The topological polar surface area (TPSA) is 181 Å². The minimum absolute atomic E-state index is 0.118. The van der Waals surface area contributed by atoms with Crippen molar-refractivity contribution in [3.05, 3.63) is 48.7 Å². The van der Waals surface area contributed by atoms with Crippen LogP contribution < -0.4 is 16.7 Å². The molecule has 0 bridgehead atoms. The highest BCUT2D eigenvalue weighted by molar-refractivity contribution is 6.05. The molecule has 0 aromatic carbocycles. The molecule has 0 saturated carbocycles. The number of aromatic nitrogens is 7. The van der Waals surface area contributed by atoms with Crippen molar-refractivity contribution in [1.29, 1.82) is 0 Å². The largest absolute Gasteiger partial charge is 0.339 e. The molecule has 0 spiro atoms. The van der Waals surface area contributed by atoms with E-state index in [0.29, 0.717) is 57.9 Å². The van der Waals surface area contributed by atoms with Gasteiger partial charge in [0.2, 0.25) is 5.91 Å². The molecule has 2 amide bonds. The number of aromatic amines is 1. The fraction of sp³-hybridized carbons (Fsp3) is 0.345. The number of fused-ring (bicyclic) bond motifs is 2. The highest BCUT2D eigenvalue weighted by Crippen LogP contribution is 2.32. The molecular formula is C29H34N12O2. The Balaban J connectivity index is 1.35. The molecule has 0 radical (unpaired) electrons. The number of anilines is 1. The van der Waals surface area contributed by atoms with E-state index in [-0.39, 0.29) is 17.7 Å². The molecule has 0 unspecified atom stereocenters. The van der Waals surface area contributed by atoms with Crippen molar-refractivity contribution in [2.24, 2.45) is 11.8 Å². The summed E-state index contributed by atoms with van der Waals surface area (Å²) in [6.07, 6.45) is 9.59. The zero-order valence-corrected chi connectivity index (χ0v) is 24.4. The third-order valence-electron chi connectivity index (χ3n) is 8.15. The number of likely N-dealkylation sites (tertiary alicyclic amines) is 1. The predicted octanol–water partition coefficient (Wildman–Crippen LogP) is 2.18. The van der Waals surface area contributed by atoms with Crippen molar-refractivity contribution in [1.82, 2.24) is 44.6 Å². The molecule has 43 heavy (non-hydrogen) atoms. The van der Waals surface area contributed by atoms with Crippen LogP contribution in [0, 0.1) is 5.92 Å². The van der Waals surface area contributed by atoms with Gasteiger partial charge in [-0.15, -0.1) is 0 Å². The molecule has 6 heterocycles. The Morgan fingerprint density at radius 1 is 1.02 bits per heavy atom. The normalized spacial score (nSPS) is 14.4. The second-order valence-electron chi connectivity index (χ2n) is 10.7. The lowest BCUT2D eigenvalue weighted by Crippen LogP contribution is -2.45. The zero-order chi connectivity index (χ0) is 30.2. The Bertz CT molecular complexity index is 1820. The van der Waals surface area contributed by atoms with Gasteiger partial charge in [-0.2, -0.15) is 5.10 Å². The first-order valence-electron chi connectivity index (χ1n) is 14.3. The average Bonchev–Trinajstić information content (AvgIpc) is 3.61. The maximum absolute atomic E-state index is 13.2. The van der Waals surface area contributed by atoms with Gasteiger partial charge in [0.1, 0.15) is 16.7 Å². The third kappa shape index (κ3) is 5.04. The van der Waals surface area contributed by atoms with E-state index in [1.807, 2.05) is 26.0 Å². The van der Waals surface area contributed by atoms with Crippen LogP contribution in [0.2, 0.25) is 0 Å². The molecule has 222 valence electrons. The Hall–Kier alpha value is -4.95. The van der Waals surface area contributed by atoms with Crippen LogP contribution >= 0.6 is 0 Å². The van der Waals surface area contributed by atoms with E-state index < -0.39 is 0 Å². The molecule has 1 fully saturated rings. The summed E-state index contributed by atoms with van der Waals surface area (Å²) in [6, 6.07) is 3.72. The third-order valence-corrected chi connectivity index (χ3v) is 8.15. The maximum atomic E-state index is 13.2. The van der Waals surface area contributed by atoms with Crippen LogP contribution in [0.4, 0.5) is 5.69 Å². The highest BCUT2D eigenvalue weighted by Gasteiger charge is 2.28. The van der Waals surface area contributed by atoms with E-state index in [1.165, 1.54) is 15.9 Å². The monoisotopic (exact) mass is 582 g/mol. The molecule has 14 nitrogen and oxygen atoms in total. The number of H-pyrrole nitrogens is 1. The summed E-state index contributed by atoms with van der Waals surface area (Å²) in [4.78, 5) is 48.1. The SMILES string of the molecule is CCN(CC)C(=O)c1cncc2c1nc(-c1n[nH]c3ncc(-c4cncc(N(N)C(=O)C5CCN(C)CC5)c4)cc13)n2N. The smallest absolute Gasteiger partial charge is 0.257 e. The Labute approximate surface area is 247 Å². The fourth-order valence-corrected chi connectivity index (χ4v) is 5.54. The molecule has 6 rings (SSSR count). The number of imidazole rings is 1. The van der Waals surface area contributed by atoms with E-state index in [2.05, 4.69) is 37.1 Å². The van der Waals surface area contributed by atoms with E-state index in [0.717, 1.165) is 37.1 Å². The van der Waals surface area contributed by atoms with E-state index in [4.69, 9.17) is 16.7 Å².